The Kier molecular flexibility index (Phi) is 6.25. The average molecular weight is 483 g/mol. The molecule has 2 N–H and O–H groups in total. The second-order valence-electron chi connectivity index (χ2n) is 9.01. The van der Waals surface area contributed by atoms with Gasteiger partial charge in [0.15, 0.2) is 0 Å². The quantitative estimate of drug-likeness (QED) is 0.519. The summed E-state index contributed by atoms with van der Waals surface area (Å²) in [5.41, 5.74) is 5.12. The predicted octanol–water partition coefficient (Wildman–Crippen LogP) is 4.02. The topological polar surface area (TPSA) is 98.8 Å². The van der Waals surface area contributed by atoms with E-state index >= 15 is 0 Å². The molecule has 182 valence electrons. The molecule has 2 aliphatic rings. The number of nitrogens with zero attached hydrogens (tertiary/aromatic N) is 2. The van der Waals surface area contributed by atoms with Gasteiger partial charge in [0, 0.05) is 38.8 Å². The van der Waals surface area contributed by atoms with Gasteiger partial charge in [-0.05, 0) is 46.9 Å². The van der Waals surface area contributed by atoms with Crippen LogP contribution in [0.15, 0.2) is 66.7 Å². The summed E-state index contributed by atoms with van der Waals surface area (Å²) in [5, 5.41) is 5.59. The molecule has 1 fully saturated rings. The molecule has 0 radical (unpaired) electrons. The van der Waals surface area contributed by atoms with Crippen LogP contribution in [0.2, 0.25) is 0 Å². The van der Waals surface area contributed by atoms with E-state index in [0.717, 1.165) is 40.1 Å². The zero-order valence-electron chi connectivity index (χ0n) is 19.9. The fourth-order valence-corrected chi connectivity index (χ4v) is 4.63. The summed E-state index contributed by atoms with van der Waals surface area (Å²) in [4.78, 5) is 51.7. The summed E-state index contributed by atoms with van der Waals surface area (Å²) in [7, 11) is 1.43. The summed E-state index contributed by atoms with van der Waals surface area (Å²) in [6.45, 7) is 1.74. The van der Waals surface area contributed by atoms with Gasteiger partial charge in [-0.2, -0.15) is 0 Å². The Bertz CT molecular complexity index is 1370. The third kappa shape index (κ3) is 4.57. The number of carbonyl (C=O) groups is 4. The summed E-state index contributed by atoms with van der Waals surface area (Å²) < 4.78 is 0. The van der Waals surface area contributed by atoms with Gasteiger partial charge in [-0.15, -0.1) is 0 Å². The Morgan fingerprint density at radius 1 is 0.889 bits per heavy atom. The van der Waals surface area contributed by atoms with Gasteiger partial charge in [0.05, 0.1) is 11.1 Å². The van der Waals surface area contributed by atoms with Crippen LogP contribution in [0.1, 0.15) is 44.7 Å². The van der Waals surface area contributed by atoms with Crippen LogP contribution in [0.25, 0.3) is 11.1 Å². The number of nitrogens with one attached hydrogen (secondary N) is 2. The molecule has 5 rings (SSSR count). The number of amides is 5. The minimum atomic E-state index is -0.416. The van der Waals surface area contributed by atoms with E-state index in [4.69, 9.17) is 0 Å². The van der Waals surface area contributed by atoms with Crippen molar-refractivity contribution < 1.29 is 19.2 Å². The molecule has 36 heavy (non-hydrogen) atoms. The van der Waals surface area contributed by atoms with Gasteiger partial charge in [-0.3, -0.25) is 19.3 Å². The van der Waals surface area contributed by atoms with Crippen LogP contribution < -0.4 is 10.6 Å². The van der Waals surface area contributed by atoms with Crippen LogP contribution in [0.5, 0.6) is 0 Å². The number of hydrogen-bond donors (Lipinski definition) is 2. The van der Waals surface area contributed by atoms with Gasteiger partial charge >= 0.3 is 6.03 Å². The van der Waals surface area contributed by atoms with Crippen LogP contribution >= 0.6 is 0 Å². The first kappa shape index (κ1) is 23.3. The number of urea groups is 1. The maximum absolute atomic E-state index is 12.6. The van der Waals surface area contributed by atoms with Crippen molar-refractivity contribution in [2.75, 3.05) is 18.9 Å². The molecule has 0 bridgehead atoms. The molecule has 2 heterocycles. The number of fused-ring (bicyclic) bond motifs is 1. The number of carbonyl (C=O) groups excluding carboxylic acids is 4. The number of imide groups is 1. The van der Waals surface area contributed by atoms with Crippen molar-refractivity contribution in [1.29, 1.82) is 0 Å². The maximum Gasteiger partial charge on any atom is 0.319 e. The Hall–Kier alpha value is -4.46. The van der Waals surface area contributed by atoms with Crippen molar-refractivity contribution in [3.8, 4) is 11.1 Å². The molecular formula is C28H26N4O4. The third-order valence-corrected chi connectivity index (χ3v) is 6.61. The normalized spacial score (nSPS) is 14.9. The van der Waals surface area contributed by atoms with E-state index in [0.29, 0.717) is 30.8 Å². The van der Waals surface area contributed by atoms with Crippen molar-refractivity contribution in [3.63, 3.8) is 0 Å². The second kappa shape index (κ2) is 9.65. The molecule has 5 amide bonds. The maximum atomic E-state index is 12.6. The molecular weight excluding hydrogens is 456 g/mol. The van der Waals surface area contributed by atoms with E-state index in [-0.39, 0.29) is 23.3 Å². The van der Waals surface area contributed by atoms with E-state index in [1.165, 1.54) is 13.1 Å². The van der Waals surface area contributed by atoms with Crippen LogP contribution in [-0.4, -0.2) is 47.1 Å². The summed E-state index contributed by atoms with van der Waals surface area (Å²) in [5.74, 6) is -0.521. The summed E-state index contributed by atoms with van der Waals surface area (Å²) in [6, 6.07) is 20.2. The zero-order valence-corrected chi connectivity index (χ0v) is 19.9. The van der Waals surface area contributed by atoms with E-state index in [1.54, 1.807) is 12.1 Å². The van der Waals surface area contributed by atoms with E-state index in [2.05, 4.69) is 10.6 Å². The smallest absolute Gasteiger partial charge is 0.319 e. The lowest BCUT2D eigenvalue weighted by molar-refractivity contribution is -0.128. The Labute approximate surface area is 208 Å². The molecule has 8 nitrogen and oxygen atoms in total. The van der Waals surface area contributed by atoms with E-state index < -0.39 is 6.03 Å². The molecule has 0 atom stereocenters. The first-order valence-corrected chi connectivity index (χ1v) is 11.9. The minimum absolute atomic E-state index is 0.209. The van der Waals surface area contributed by atoms with Crippen molar-refractivity contribution >= 4 is 29.4 Å². The van der Waals surface area contributed by atoms with Crippen LogP contribution in [0.4, 0.5) is 10.5 Å². The first-order valence-electron chi connectivity index (χ1n) is 11.9. The van der Waals surface area contributed by atoms with Gasteiger partial charge in [-0.1, -0.05) is 48.5 Å². The first-order chi connectivity index (χ1) is 17.4. The van der Waals surface area contributed by atoms with Crippen LogP contribution in [0.3, 0.4) is 0 Å². The predicted molar refractivity (Wildman–Crippen MR) is 135 cm³/mol. The summed E-state index contributed by atoms with van der Waals surface area (Å²) in [6.07, 6.45) is 1.56. The lowest BCUT2D eigenvalue weighted by Crippen LogP contribution is -2.28. The van der Waals surface area contributed by atoms with Gasteiger partial charge < -0.3 is 15.5 Å². The standard InChI is InChI=1S/C28H26N4O4/c1-31-26(34)23-13-12-21(15-24(23)27(31)35)30-28(36)29-16-20-5-2-3-6-22(20)19-10-8-18(9-11-19)17-32-14-4-7-25(32)33/h2-3,5-6,8-13,15H,4,7,14,16-17H2,1H3,(H2,29,30,36). The lowest BCUT2D eigenvalue weighted by Gasteiger charge is -2.16. The van der Waals surface area contributed by atoms with Gasteiger partial charge in [-0.25, -0.2) is 4.79 Å². The molecule has 3 aromatic rings. The van der Waals surface area contributed by atoms with Crippen molar-refractivity contribution in [1.82, 2.24) is 15.1 Å². The summed E-state index contributed by atoms with van der Waals surface area (Å²) >= 11 is 0. The molecule has 1 saturated heterocycles. The highest BCUT2D eigenvalue weighted by molar-refractivity contribution is 6.21. The Balaban J connectivity index is 1.23. The number of rotatable bonds is 6. The Morgan fingerprint density at radius 2 is 1.64 bits per heavy atom. The SMILES string of the molecule is CN1C(=O)c2ccc(NC(=O)NCc3ccccc3-c3ccc(CN4CCCC4=O)cc3)cc2C1=O. The Morgan fingerprint density at radius 3 is 2.39 bits per heavy atom. The van der Waals surface area contributed by atoms with E-state index in [9.17, 15) is 19.2 Å². The average Bonchev–Trinajstić information content (AvgIpc) is 3.39. The van der Waals surface area contributed by atoms with Crippen LogP contribution in [-0.2, 0) is 17.9 Å². The molecule has 0 unspecified atom stereocenters. The zero-order chi connectivity index (χ0) is 25.2. The second-order valence-corrected chi connectivity index (χ2v) is 9.01. The number of hydrogen-bond acceptors (Lipinski definition) is 4. The highest BCUT2D eigenvalue weighted by Crippen LogP contribution is 2.26. The highest BCUT2D eigenvalue weighted by Gasteiger charge is 2.32. The van der Waals surface area contributed by atoms with Gasteiger partial charge in [0.1, 0.15) is 0 Å². The van der Waals surface area contributed by atoms with Gasteiger partial charge in [0.2, 0.25) is 5.91 Å². The molecule has 0 spiro atoms. The third-order valence-electron chi connectivity index (χ3n) is 6.61. The molecule has 2 aliphatic heterocycles. The molecule has 3 aromatic carbocycles. The highest BCUT2D eigenvalue weighted by atomic mass is 16.2. The van der Waals surface area contributed by atoms with Gasteiger partial charge in [0.25, 0.3) is 11.8 Å². The molecule has 0 saturated carbocycles. The fraction of sp³-hybridized carbons (Fsp3) is 0.214. The molecule has 0 aromatic heterocycles. The minimum Gasteiger partial charge on any atom is -0.338 e. The largest absolute Gasteiger partial charge is 0.338 e. The lowest BCUT2D eigenvalue weighted by atomic mass is 9.98. The molecule has 0 aliphatic carbocycles. The number of anilines is 1. The number of likely N-dealkylation sites (tertiary alicyclic amines) is 1. The van der Waals surface area contributed by atoms with Crippen molar-refractivity contribution in [2.45, 2.75) is 25.9 Å². The number of benzene rings is 3. The fourth-order valence-electron chi connectivity index (χ4n) is 4.63. The van der Waals surface area contributed by atoms with Crippen molar-refractivity contribution in [3.05, 3.63) is 89.0 Å². The van der Waals surface area contributed by atoms with Crippen molar-refractivity contribution in [2.24, 2.45) is 0 Å². The van der Waals surface area contributed by atoms with E-state index in [1.807, 2.05) is 53.4 Å². The molecule has 8 heteroatoms. The monoisotopic (exact) mass is 482 g/mol. The van der Waals surface area contributed by atoms with Crippen LogP contribution in [0, 0.1) is 0 Å².